The average molecular weight is 307 g/mol. The zero-order valence-corrected chi connectivity index (χ0v) is 12.8. The smallest absolute Gasteiger partial charge is 0.317 e. The molecule has 1 saturated heterocycles. The molecule has 1 heterocycles. The van der Waals surface area contributed by atoms with Crippen molar-refractivity contribution in [3.8, 4) is 5.75 Å². The normalized spacial score (nSPS) is 17.5. The highest BCUT2D eigenvalue weighted by Crippen LogP contribution is 2.24. The van der Waals surface area contributed by atoms with E-state index in [0.717, 1.165) is 11.4 Å². The molecule has 7 nitrogen and oxygen atoms in total. The van der Waals surface area contributed by atoms with Crippen molar-refractivity contribution in [2.24, 2.45) is 0 Å². The van der Waals surface area contributed by atoms with Gasteiger partial charge in [0.2, 0.25) is 5.91 Å². The number of aliphatic hydroxyl groups is 1. The Morgan fingerprint density at radius 2 is 2.14 bits per heavy atom. The highest BCUT2D eigenvalue weighted by atomic mass is 16.5. The van der Waals surface area contributed by atoms with Gasteiger partial charge in [-0.2, -0.15) is 0 Å². The highest BCUT2D eigenvalue weighted by Gasteiger charge is 2.32. The van der Waals surface area contributed by atoms with Gasteiger partial charge >= 0.3 is 6.03 Å². The first-order chi connectivity index (χ1) is 10.5. The standard InChI is InChI=1S/C15H21N3O4/c1-17(7-8-19)15(21)16-11-9-14(20)18(10-11)12-3-5-13(22-2)6-4-12/h3-6,11,19H,7-10H2,1-2H3,(H,16,21)/t11-/m1/s1. The van der Waals surface area contributed by atoms with E-state index in [9.17, 15) is 9.59 Å². The van der Waals surface area contributed by atoms with Gasteiger partial charge in [-0.1, -0.05) is 0 Å². The lowest BCUT2D eigenvalue weighted by Crippen LogP contribution is -2.45. The average Bonchev–Trinajstić information content (AvgIpc) is 2.88. The van der Waals surface area contributed by atoms with Crippen LogP contribution in [0, 0.1) is 0 Å². The van der Waals surface area contributed by atoms with Crippen molar-refractivity contribution in [1.82, 2.24) is 10.2 Å². The Morgan fingerprint density at radius 3 is 2.73 bits per heavy atom. The summed E-state index contributed by atoms with van der Waals surface area (Å²) in [7, 11) is 3.19. The van der Waals surface area contributed by atoms with Crippen LogP contribution >= 0.6 is 0 Å². The fourth-order valence-electron chi connectivity index (χ4n) is 2.35. The van der Waals surface area contributed by atoms with E-state index in [1.165, 1.54) is 4.90 Å². The van der Waals surface area contributed by atoms with Crippen molar-refractivity contribution < 1.29 is 19.4 Å². The molecule has 120 valence electrons. The number of hydrogen-bond acceptors (Lipinski definition) is 4. The van der Waals surface area contributed by atoms with Gasteiger partial charge in [0.15, 0.2) is 0 Å². The van der Waals surface area contributed by atoms with Crippen molar-refractivity contribution in [3.63, 3.8) is 0 Å². The van der Waals surface area contributed by atoms with Crippen molar-refractivity contribution in [1.29, 1.82) is 0 Å². The Labute approximate surface area is 129 Å². The summed E-state index contributed by atoms with van der Waals surface area (Å²) in [4.78, 5) is 27.0. The molecule has 2 N–H and O–H groups in total. The maximum Gasteiger partial charge on any atom is 0.317 e. The molecular weight excluding hydrogens is 286 g/mol. The van der Waals surface area contributed by atoms with E-state index in [4.69, 9.17) is 9.84 Å². The molecular formula is C15H21N3O4. The van der Waals surface area contributed by atoms with Crippen molar-refractivity contribution in [3.05, 3.63) is 24.3 Å². The molecule has 7 heteroatoms. The third kappa shape index (κ3) is 3.67. The monoisotopic (exact) mass is 307 g/mol. The molecule has 1 aromatic rings. The van der Waals surface area contributed by atoms with Crippen LogP contribution in [-0.4, -0.2) is 61.8 Å². The van der Waals surface area contributed by atoms with E-state index in [-0.39, 0.29) is 37.6 Å². The Kier molecular flexibility index (Phi) is 5.21. The lowest BCUT2D eigenvalue weighted by Gasteiger charge is -2.20. The molecule has 0 saturated carbocycles. The fraction of sp³-hybridized carbons (Fsp3) is 0.467. The largest absolute Gasteiger partial charge is 0.497 e. The van der Waals surface area contributed by atoms with Gasteiger partial charge in [-0.3, -0.25) is 4.79 Å². The lowest BCUT2D eigenvalue weighted by atomic mass is 10.2. The first kappa shape index (κ1) is 16.1. The predicted molar refractivity (Wildman–Crippen MR) is 82.0 cm³/mol. The van der Waals surface area contributed by atoms with Crippen molar-refractivity contribution >= 4 is 17.6 Å². The van der Waals surface area contributed by atoms with Crippen LogP contribution in [0.2, 0.25) is 0 Å². The second-order valence-electron chi connectivity index (χ2n) is 5.20. The number of ether oxygens (including phenoxy) is 1. The molecule has 1 atom stereocenters. The molecule has 22 heavy (non-hydrogen) atoms. The molecule has 0 bridgehead atoms. The quantitative estimate of drug-likeness (QED) is 0.827. The number of urea groups is 1. The van der Waals surface area contributed by atoms with E-state index in [2.05, 4.69) is 5.32 Å². The van der Waals surface area contributed by atoms with Gasteiger partial charge < -0.3 is 25.0 Å². The maximum atomic E-state index is 12.1. The molecule has 0 aliphatic carbocycles. The summed E-state index contributed by atoms with van der Waals surface area (Å²) in [5.74, 6) is 0.700. The van der Waals surface area contributed by atoms with E-state index in [1.54, 1.807) is 31.2 Å². The van der Waals surface area contributed by atoms with Crippen LogP contribution in [0.4, 0.5) is 10.5 Å². The third-order valence-corrected chi connectivity index (χ3v) is 3.62. The molecule has 0 aromatic heterocycles. The summed E-state index contributed by atoms with van der Waals surface area (Å²) in [6.45, 7) is 0.601. The fourth-order valence-corrected chi connectivity index (χ4v) is 2.35. The van der Waals surface area contributed by atoms with E-state index in [1.807, 2.05) is 12.1 Å². The van der Waals surface area contributed by atoms with Gasteiger partial charge in [-0.15, -0.1) is 0 Å². The zero-order valence-electron chi connectivity index (χ0n) is 12.8. The van der Waals surface area contributed by atoms with Gasteiger partial charge in [0, 0.05) is 32.2 Å². The number of nitrogens with zero attached hydrogens (tertiary/aromatic N) is 2. The third-order valence-electron chi connectivity index (χ3n) is 3.62. The summed E-state index contributed by atoms with van der Waals surface area (Å²) in [6.07, 6.45) is 0.269. The number of amides is 3. The van der Waals surface area contributed by atoms with Crippen LogP contribution in [0.25, 0.3) is 0 Å². The maximum absolute atomic E-state index is 12.1. The molecule has 3 amide bonds. The van der Waals surface area contributed by atoms with Gasteiger partial charge in [-0.25, -0.2) is 4.79 Å². The topological polar surface area (TPSA) is 82.1 Å². The van der Waals surface area contributed by atoms with Gasteiger partial charge in [-0.05, 0) is 24.3 Å². The van der Waals surface area contributed by atoms with Crippen LogP contribution in [0.15, 0.2) is 24.3 Å². The predicted octanol–water partition coefficient (Wildman–Crippen LogP) is 0.434. The molecule has 0 unspecified atom stereocenters. The molecule has 2 rings (SSSR count). The molecule has 1 fully saturated rings. The minimum absolute atomic E-state index is 0.0275. The second-order valence-corrected chi connectivity index (χ2v) is 5.20. The van der Waals surface area contributed by atoms with Crippen LogP contribution < -0.4 is 15.0 Å². The number of carbonyl (C=O) groups is 2. The first-order valence-electron chi connectivity index (χ1n) is 7.12. The summed E-state index contributed by atoms with van der Waals surface area (Å²) in [6, 6.07) is 6.71. The Morgan fingerprint density at radius 1 is 1.45 bits per heavy atom. The number of methoxy groups -OCH3 is 1. The molecule has 1 aromatic carbocycles. The van der Waals surface area contributed by atoms with E-state index >= 15 is 0 Å². The second kappa shape index (κ2) is 7.13. The minimum Gasteiger partial charge on any atom is -0.497 e. The van der Waals surface area contributed by atoms with Gasteiger partial charge in [0.1, 0.15) is 5.75 Å². The SMILES string of the molecule is COc1ccc(N2C[C@H](NC(=O)N(C)CCO)CC2=O)cc1. The van der Waals surface area contributed by atoms with Crippen LogP contribution in [0.3, 0.4) is 0 Å². The van der Waals surface area contributed by atoms with Gasteiger partial charge in [0.25, 0.3) is 0 Å². The highest BCUT2D eigenvalue weighted by molar-refractivity contribution is 5.96. The zero-order chi connectivity index (χ0) is 16.1. The molecule has 0 radical (unpaired) electrons. The Hall–Kier alpha value is -2.28. The number of aliphatic hydroxyl groups excluding tert-OH is 1. The number of benzene rings is 1. The number of carbonyl (C=O) groups excluding carboxylic acids is 2. The molecule has 1 aliphatic rings. The number of likely N-dealkylation sites (N-methyl/N-ethyl adjacent to an activating group) is 1. The first-order valence-corrected chi connectivity index (χ1v) is 7.12. The van der Waals surface area contributed by atoms with Crippen molar-refractivity contribution in [2.75, 3.05) is 38.8 Å². The van der Waals surface area contributed by atoms with Crippen LogP contribution in [0.5, 0.6) is 5.75 Å². The number of hydrogen-bond donors (Lipinski definition) is 2. The van der Waals surface area contributed by atoms with Crippen LogP contribution in [-0.2, 0) is 4.79 Å². The Balaban J connectivity index is 1.96. The number of nitrogens with one attached hydrogen (secondary N) is 1. The Bertz CT molecular complexity index is 532. The van der Waals surface area contributed by atoms with Crippen LogP contribution in [0.1, 0.15) is 6.42 Å². The van der Waals surface area contributed by atoms with E-state index in [0.29, 0.717) is 6.54 Å². The summed E-state index contributed by atoms with van der Waals surface area (Å²) in [5.41, 5.74) is 0.784. The summed E-state index contributed by atoms with van der Waals surface area (Å²) < 4.78 is 5.10. The molecule has 0 spiro atoms. The number of anilines is 1. The van der Waals surface area contributed by atoms with Crippen molar-refractivity contribution in [2.45, 2.75) is 12.5 Å². The molecule has 1 aliphatic heterocycles. The van der Waals surface area contributed by atoms with Gasteiger partial charge in [0.05, 0.1) is 19.8 Å². The number of rotatable bonds is 5. The van der Waals surface area contributed by atoms with E-state index < -0.39 is 0 Å². The minimum atomic E-state index is -0.288. The summed E-state index contributed by atoms with van der Waals surface area (Å²) in [5, 5.41) is 11.6. The lowest BCUT2D eigenvalue weighted by molar-refractivity contribution is -0.117. The summed E-state index contributed by atoms with van der Waals surface area (Å²) >= 11 is 0.